The minimum Gasteiger partial charge on any atom is -0.507 e. The Morgan fingerprint density at radius 2 is 0.980 bits per heavy atom. The van der Waals surface area contributed by atoms with Crippen LogP contribution in [0.15, 0.2) is 94.9 Å². The predicted octanol–water partition coefficient (Wildman–Crippen LogP) is 9.12. The fourth-order valence-electron chi connectivity index (χ4n) is 6.54. The highest BCUT2D eigenvalue weighted by molar-refractivity contribution is 5.85. The molecule has 264 valence electrons. The Morgan fingerprint density at radius 1 is 0.600 bits per heavy atom. The van der Waals surface area contributed by atoms with Crippen LogP contribution in [0, 0.1) is 0 Å². The molecule has 0 aromatic heterocycles. The normalized spacial score (nSPS) is 17.2. The van der Waals surface area contributed by atoms with Crippen molar-refractivity contribution in [2.45, 2.75) is 116 Å². The zero-order valence-electron chi connectivity index (χ0n) is 30.8. The van der Waals surface area contributed by atoms with Crippen molar-refractivity contribution < 1.29 is 10.2 Å². The van der Waals surface area contributed by atoms with Gasteiger partial charge in [-0.2, -0.15) is 0 Å². The van der Waals surface area contributed by atoms with Crippen LogP contribution in [0.1, 0.15) is 112 Å². The standard InChI is InChI=1S/C44H56N4O2/c1-43(2,3)37-21-33(27-45-25-31-15-9-7-10-16-31)41(49)35(23-37)29-47-39-19-13-14-20-40(39)48-30-36-24-38(44(4,5)6)22-34(42(36)50)28-46-26-32-17-11-8-12-18-32/h7-12,15-18,21-24,27-28,39-40,47-50H,13-14,19-20,25-26,29-30H2,1-6H3. The van der Waals surface area contributed by atoms with Crippen LogP contribution in [0.25, 0.3) is 0 Å². The summed E-state index contributed by atoms with van der Waals surface area (Å²) in [6.07, 6.45) is 8.04. The maximum atomic E-state index is 11.4. The molecule has 4 aromatic carbocycles. The van der Waals surface area contributed by atoms with E-state index in [1.807, 2.05) is 48.8 Å². The molecule has 50 heavy (non-hydrogen) atoms. The Kier molecular flexibility index (Phi) is 12.3. The minimum absolute atomic E-state index is 0.0753. The van der Waals surface area contributed by atoms with E-state index < -0.39 is 0 Å². The lowest BCUT2D eigenvalue weighted by molar-refractivity contribution is 0.279. The third kappa shape index (κ3) is 10.1. The van der Waals surface area contributed by atoms with Gasteiger partial charge in [0.2, 0.25) is 0 Å². The molecule has 1 saturated carbocycles. The third-order valence-electron chi connectivity index (χ3n) is 9.74. The van der Waals surface area contributed by atoms with Gasteiger partial charge in [0, 0.05) is 59.9 Å². The predicted molar refractivity (Wildman–Crippen MR) is 209 cm³/mol. The molecule has 6 nitrogen and oxygen atoms in total. The molecule has 0 saturated heterocycles. The summed E-state index contributed by atoms with van der Waals surface area (Å²) in [6.45, 7) is 15.5. The maximum absolute atomic E-state index is 11.4. The number of phenols is 2. The summed E-state index contributed by atoms with van der Waals surface area (Å²) in [5, 5.41) is 30.4. The van der Waals surface area contributed by atoms with E-state index in [1.165, 1.54) is 11.1 Å². The van der Waals surface area contributed by atoms with Crippen molar-refractivity contribution in [3.8, 4) is 11.5 Å². The molecule has 0 bridgehead atoms. The van der Waals surface area contributed by atoms with Crippen molar-refractivity contribution in [1.29, 1.82) is 0 Å². The van der Waals surface area contributed by atoms with Gasteiger partial charge in [-0.15, -0.1) is 0 Å². The first-order valence-electron chi connectivity index (χ1n) is 18.2. The van der Waals surface area contributed by atoms with Crippen LogP contribution in [-0.2, 0) is 37.0 Å². The van der Waals surface area contributed by atoms with Gasteiger partial charge < -0.3 is 20.8 Å². The number of rotatable bonds is 12. The number of hydrogen-bond acceptors (Lipinski definition) is 6. The van der Waals surface area contributed by atoms with E-state index in [0.29, 0.717) is 26.2 Å². The van der Waals surface area contributed by atoms with E-state index in [4.69, 9.17) is 0 Å². The van der Waals surface area contributed by atoms with E-state index in [1.54, 1.807) is 0 Å². The number of benzene rings is 4. The number of aromatic hydroxyl groups is 2. The summed E-state index contributed by atoms with van der Waals surface area (Å²) in [6, 6.07) is 29.2. The fourth-order valence-corrected chi connectivity index (χ4v) is 6.54. The summed E-state index contributed by atoms with van der Waals surface area (Å²) >= 11 is 0. The average molecular weight is 673 g/mol. The number of phenolic OH excluding ortho intramolecular Hbond substituents is 2. The SMILES string of the molecule is CC(C)(C)c1cc(C=NCc2ccccc2)c(O)c(CNC2CCCCC2NCc2cc(C(C)(C)C)cc(C=NCc3ccccc3)c2O)c1. The molecule has 0 heterocycles. The van der Waals surface area contributed by atoms with Crippen LogP contribution in [0.2, 0.25) is 0 Å². The van der Waals surface area contributed by atoms with Gasteiger partial charge >= 0.3 is 0 Å². The van der Waals surface area contributed by atoms with Gasteiger partial charge in [-0.3, -0.25) is 9.98 Å². The molecule has 1 aliphatic rings. The molecule has 1 aliphatic carbocycles. The molecule has 4 N–H and O–H groups in total. The second-order valence-electron chi connectivity index (χ2n) is 15.8. The second kappa shape index (κ2) is 16.6. The largest absolute Gasteiger partial charge is 0.507 e. The molecule has 1 fully saturated rings. The summed E-state index contributed by atoms with van der Waals surface area (Å²) in [5.41, 5.74) is 7.74. The quantitative estimate of drug-likeness (QED) is 0.113. The minimum atomic E-state index is -0.0753. The van der Waals surface area contributed by atoms with Crippen LogP contribution in [0.4, 0.5) is 0 Å². The second-order valence-corrected chi connectivity index (χ2v) is 15.8. The first kappa shape index (κ1) is 37.0. The summed E-state index contributed by atoms with van der Waals surface area (Å²) in [7, 11) is 0. The molecular weight excluding hydrogens is 617 g/mol. The Balaban J connectivity index is 1.30. The summed E-state index contributed by atoms with van der Waals surface area (Å²) < 4.78 is 0. The molecule has 0 amide bonds. The monoisotopic (exact) mass is 672 g/mol. The number of aliphatic imine (C=N–C) groups is 2. The Bertz CT molecular complexity index is 1620. The van der Waals surface area contributed by atoms with E-state index in [9.17, 15) is 10.2 Å². The number of hydrogen-bond donors (Lipinski definition) is 4. The molecule has 6 heteroatoms. The molecule has 2 unspecified atom stereocenters. The van der Waals surface area contributed by atoms with Gasteiger partial charge in [0.1, 0.15) is 11.5 Å². The summed E-state index contributed by atoms with van der Waals surface area (Å²) in [4.78, 5) is 9.35. The van der Waals surface area contributed by atoms with Gasteiger partial charge in [0.05, 0.1) is 13.1 Å². The molecular formula is C44H56N4O2. The van der Waals surface area contributed by atoms with E-state index in [2.05, 4.69) is 111 Å². The van der Waals surface area contributed by atoms with Crippen LogP contribution >= 0.6 is 0 Å². The molecule has 0 spiro atoms. The highest BCUT2D eigenvalue weighted by Crippen LogP contribution is 2.33. The third-order valence-corrected chi connectivity index (χ3v) is 9.74. The molecule has 2 atom stereocenters. The molecule has 5 rings (SSSR count). The van der Waals surface area contributed by atoms with Crippen molar-refractivity contribution in [3.05, 3.63) is 129 Å². The van der Waals surface area contributed by atoms with Gasteiger partial charge in [-0.05, 0) is 58.1 Å². The van der Waals surface area contributed by atoms with Crippen LogP contribution < -0.4 is 10.6 Å². The highest BCUT2D eigenvalue weighted by atomic mass is 16.3. The van der Waals surface area contributed by atoms with Crippen molar-refractivity contribution >= 4 is 12.4 Å². The molecule has 0 radical (unpaired) electrons. The lowest BCUT2D eigenvalue weighted by Gasteiger charge is -2.34. The smallest absolute Gasteiger partial charge is 0.128 e. The van der Waals surface area contributed by atoms with Crippen molar-refractivity contribution in [2.75, 3.05) is 0 Å². The maximum Gasteiger partial charge on any atom is 0.128 e. The van der Waals surface area contributed by atoms with Gasteiger partial charge in [-0.1, -0.05) is 127 Å². The lowest BCUT2D eigenvalue weighted by Crippen LogP contribution is -2.49. The van der Waals surface area contributed by atoms with Crippen LogP contribution in [0.5, 0.6) is 11.5 Å². The fraction of sp³-hybridized carbons (Fsp3) is 0.409. The van der Waals surface area contributed by atoms with Crippen molar-refractivity contribution in [2.24, 2.45) is 9.98 Å². The highest BCUT2D eigenvalue weighted by Gasteiger charge is 2.26. The average Bonchev–Trinajstić information content (AvgIpc) is 3.09. The van der Waals surface area contributed by atoms with Crippen molar-refractivity contribution in [1.82, 2.24) is 10.6 Å². The zero-order chi connectivity index (χ0) is 35.7. The Hall–Kier alpha value is -4.26. The molecule has 4 aromatic rings. The summed E-state index contributed by atoms with van der Waals surface area (Å²) in [5.74, 6) is 0.570. The van der Waals surface area contributed by atoms with Crippen molar-refractivity contribution in [3.63, 3.8) is 0 Å². The van der Waals surface area contributed by atoms with E-state index in [-0.39, 0.29) is 34.4 Å². The van der Waals surface area contributed by atoms with Crippen LogP contribution in [0.3, 0.4) is 0 Å². The number of nitrogens with zero attached hydrogens (tertiary/aromatic N) is 2. The first-order chi connectivity index (χ1) is 23.9. The van der Waals surface area contributed by atoms with Gasteiger partial charge in [0.15, 0.2) is 0 Å². The van der Waals surface area contributed by atoms with E-state index >= 15 is 0 Å². The van der Waals surface area contributed by atoms with E-state index in [0.717, 1.165) is 59.1 Å². The van der Waals surface area contributed by atoms with Gasteiger partial charge in [-0.25, -0.2) is 0 Å². The zero-order valence-corrected chi connectivity index (χ0v) is 30.8. The van der Waals surface area contributed by atoms with Gasteiger partial charge in [0.25, 0.3) is 0 Å². The Morgan fingerprint density at radius 3 is 1.34 bits per heavy atom. The first-order valence-corrected chi connectivity index (χ1v) is 18.2. The topological polar surface area (TPSA) is 89.2 Å². The molecule has 0 aliphatic heterocycles. The lowest BCUT2D eigenvalue weighted by atomic mass is 9.84. The van der Waals surface area contributed by atoms with Crippen LogP contribution in [-0.4, -0.2) is 34.7 Å². The Labute approximate surface area is 299 Å². The number of nitrogens with one attached hydrogen (secondary N) is 2.